The zero-order chi connectivity index (χ0) is 31.9. The minimum Gasteiger partial charge on any atom is -0.334 e. The zero-order valence-corrected chi connectivity index (χ0v) is 30.4. The number of aromatic nitrogens is 2. The smallest absolute Gasteiger partial charge is 0.0948 e. The van der Waals surface area contributed by atoms with E-state index < -0.39 is 0 Å². The first-order valence-corrected chi connectivity index (χ1v) is 20.4. The summed E-state index contributed by atoms with van der Waals surface area (Å²) in [5.41, 5.74) is 1.50. The fraction of sp³-hybridized carbons (Fsp3) is 0.791. The fourth-order valence-corrected chi connectivity index (χ4v) is 7.41. The van der Waals surface area contributed by atoms with Crippen molar-refractivity contribution in [2.45, 2.75) is 213 Å². The van der Waals surface area contributed by atoms with Crippen LogP contribution in [0.1, 0.15) is 212 Å². The SMILES string of the molecule is CCCCCCCCCCCCCCCCCCCC(Cc1ccccc1)C(CCCCCCCCCCCC)n1ccnc1. The molecule has 2 nitrogen and oxygen atoms in total. The van der Waals surface area contributed by atoms with E-state index >= 15 is 0 Å². The second kappa shape index (κ2) is 29.8. The molecule has 0 amide bonds. The van der Waals surface area contributed by atoms with E-state index in [9.17, 15) is 0 Å². The van der Waals surface area contributed by atoms with Crippen molar-refractivity contribution < 1.29 is 0 Å². The molecule has 0 aliphatic heterocycles. The van der Waals surface area contributed by atoms with Crippen molar-refractivity contribution in [3.8, 4) is 0 Å². The molecule has 2 heteroatoms. The summed E-state index contributed by atoms with van der Waals surface area (Å²) in [5.74, 6) is 0.691. The van der Waals surface area contributed by atoms with Gasteiger partial charge in [-0.25, -0.2) is 4.98 Å². The summed E-state index contributed by atoms with van der Waals surface area (Å²) in [6.07, 6.45) is 48.7. The van der Waals surface area contributed by atoms with Crippen LogP contribution in [0.5, 0.6) is 0 Å². The van der Waals surface area contributed by atoms with Gasteiger partial charge in [0.25, 0.3) is 0 Å². The number of hydrogen-bond acceptors (Lipinski definition) is 1. The van der Waals surface area contributed by atoms with Crippen molar-refractivity contribution in [2.24, 2.45) is 5.92 Å². The van der Waals surface area contributed by atoms with Gasteiger partial charge in [-0.15, -0.1) is 0 Å². The van der Waals surface area contributed by atoms with E-state index in [0.29, 0.717) is 12.0 Å². The van der Waals surface area contributed by atoms with Gasteiger partial charge < -0.3 is 4.57 Å². The minimum atomic E-state index is 0.572. The molecule has 0 spiro atoms. The van der Waals surface area contributed by atoms with E-state index in [0.717, 1.165) is 0 Å². The maximum atomic E-state index is 4.48. The molecule has 45 heavy (non-hydrogen) atoms. The second-order valence-electron chi connectivity index (χ2n) is 14.4. The monoisotopic (exact) mass is 621 g/mol. The van der Waals surface area contributed by atoms with Crippen molar-refractivity contribution in [3.63, 3.8) is 0 Å². The van der Waals surface area contributed by atoms with Crippen LogP contribution in [0, 0.1) is 5.92 Å². The Morgan fingerprint density at radius 3 is 1.29 bits per heavy atom. The standard InChI is InChI=1S/C43H76N2/c1-3-5-7-9-11-13-15-16-17-18-19-20-21-22-24-26-31-35-42(39-41-33-29-28-30-34-41)43(45-38-37-44-40-45)36-32-27-25-23-14-12-10-8-6-4-2/h28-30,33-34,37-38,40,42-43H,3-27,31-32,35-36,39H2,1-2H3. The maximum Gasteiger partial charge on any atom is 0.0948 e. The van der Waals surface area contributed by atoms with Crippen LogP contribution >= 0.6 is 0 Å². The third kappa shape index (κ3) is 21.8. The molecule has 0 aliphatic rings. The number of imidazole rings is 1. The van der Waals surface area contributed by atoms with Crippen molar-refractivity contribution in [1.82, 2.24) is 9.55 Å². The molecule has 1 aromatic carbocycles. The highest BCUT2D eigenvalue weighted by atomic mass is 15.1. The molecular weight excluding hydrogens is 544 g/mol. The van der Waals surface area contributed by atoms with E-state index in [1.165, 1.54) is 198 Å². The quantitative estimate of drug-likeness (QED) is 0.0726. The molecule has 258 valence electrons. The minimum absolute atomic E-state index is 0.572. The summed E-state index contributed by atoms with van der Waals surface area (Å²) in [7, 11) is 0. The predicted octanol–water partition coefficient (Wildman–Crippen LogP) is 14.6. The molecule has 0 aliphatic carbocycles. The number of nitrogens with zero attached hydrogens (tertiary/aromatic N) is 2. The normalized spacial score (nSPS) is 12.9. The Kier molecular flexibility index (Phi) is 26.2. The molecule has 0 bridgehead atoms. The van der Waals surface area contributed by atoms with Crippen molar-refractivity contribution in [2.75, 3.05) is 0 Å². The zero-order valence-electron chi connectivity index (χ0n) is 30.4. The van der Waals surface area contributed by atoms with Gasteiger partial charge in [0, 0.05) is 18.4 Å². The maximum absolute atomic E-state index is 4.48. The Bertz CT molecular complexity index is 829. The molecule has 2 atom stereocenters. The van der Waals surface area contributed by atoms with Crippen LogP contribution in [-0.2, 0) is 6.42 Å². The Hall–Kier alpha value is -1.57. The van der Waals surface area contributed by atoms with Crippen molar-refractivity contribution in [1.29, 1.82) is 0 Å². The van der Waals surface area contributed by atoms with E-state index in [2.05, 4.69) is 66.3 Å². The van der Waals surface area contributed by atoms with Crippen LogP contribution in [0.4, 0.5) is 0 Å². The lowest BCUT2D eigenvalue weighted by Crippen LogP contribution is -2.21. The fourth-order valence-electron chi connectivity index (χ4n) is 7.41. The second-order valence-corrected chi connectivity index (χ2v) is 14.4. The molecule has 0 fully saturated rings. The van der Waals surface area contributed by atoms with Gasteiger partial charge in [0.2, 0.25) is 0 Å². The van der Waals surface area contributed by atoms with Crippen LogP contribution in [-0.4, -0.2) is 9.55 Å². The topological polar surface area (TPSA) is 17.8 Å². The molecule has 2 unspecified atom stereocenters. The van der Waals surface area contributed by atoms with Crippen molar-refractivity contribution in [3.05, 3.63) is 54.6 Å². The lowest BCUT2D eigenvalue weighted by atomic mass is 9.84. The molecule has 1 aromatic heterocycles. The van der Waals surface area contributed by atoms with E-state index in [1.54, 1.807) is 0 Å². The van der Waals surface area contributed by atoms with Gasteiger partial charge in [-0.05, 0) is 30.7 Å². The average Bonchev–Trinajstić information content (AvgIpc) is 3.60. The van der Waals surface area contributed by atoms with Crippen LogP contribution in [0.3, 0.4) is 0 Å². The molecule has 0 saturated heterocycles. The summed E-state index contributed by atoms with van der Waals surface area (Å²) in [6, 6.07) is 11.8. The van der Waals surface area contributed by atoms with Gasteiger partial charge in [0.1, 0.15) is 0 Å². The lowest BCUT2D eigenvalue weighted by molar-refractivity contribution is 0.275. The van der Waals surface area contributed by atoms with Gasteiger partial charge >= 0.3 is 0 Å². The molecule has 2 rings (SSSR count). The third-order valence-corrected chi connectivity index (χ3v) is 10.3. The Balaban J connectivity index is 1.64. The number of benzene rings is 1. The van der Waals surface area contributed by atoms with E-state index in [1.807, 2.05) is 6.20 Å². The first-order valence-electron chi connectivity index (χ1n) is 20.4. The van der Waals surface area contributed by atoms with E-state index in [4.69, 9.17) is 0 Å². The molecule has 1 heterocycles. The Morgan fingerprint density at radius 1 is 0.489 bits per heavy atom. The van der Waals surface area contributed by atoms with Gasteiger partial charge in [-0.2, -0.15) is 0 Å². The number of rotatable bonds is 33. The van der Waals surface area contributed by atoms with Crippen LogP contribution < -0.4 is 0 Å². The predicted molar refractivity (Wildman–Crippen MR) is 200 cm³/mol. The summed E-state index contributed by atoms with van der Waals surface area (Å²) in [5, 5.41) is 0. The highest BCUT2D eigenvalue weighted by Crippen LogP contribution is 2.32. The molecule has 0 saturated carbocycles. The summed E-state index contributed by atoms with van der Waals surface area (Å²) < 4.78 is 2.45. The average molecular weight is 621 g/mol. The number of unbranched alkanes of at least 4 members (excludes halogenated alkanes) is 25. The summed E-state index contributed by atoms with van der Waals surface area (Å²) in [6.45, 7) is 4.62. The van der Waals surface area contributed by atoms with Crippen LogP contribution in [0.15, 0.2) is 49.1 Å². The summed E-state index contributed by atoms with van der Waals surface area (Å²) in [4.78, 5) is 4.48. The molecule has 2 aromatic rings. The number of hydrogen-bond donors (Lipinski definition) is 0. The Labute approximate surface area is 282 Å². The first kappa shape index (κ1) is 39.6. The van der Waals surface area contributed by atoms with Gasteiger partial charge in [0.15, 0.2) is 0 Å². The molecule has 0 N–H and O–H groups in total. The first-order chi connectivity index (χ1) is 22.3. The lowest BCUT2D eigenvalue weighted by Gasteiger charge is -2.29. The van der Waals surface area contributed by atoms with Gasteiger partial charge in [-0.3, -0.25) is 0 Å². The highest BCUT2D eigenvalue weighted by Gasteiger charge is 2.23. The third-order valence-electron chi connectivity index (χ3n) is 10.3. The van der Waals surface area contributed by atoms with E-state index in [-0.39, 0.29) is 0 Å². The van der Waals surface area contributed by atoms with Crippen LogP contribution in [0.25, 0.3) is 0 Å². The molecule has 0 radical (unpaired) electrons. The van der Waals surface area contributed by atoms with Crippen LogP contribution in [0.2, 0.25) is 0 Å². The Morgan fingerprint density at radius 2 is 0.889 bits per heavy atom. The summed E-state index contributed by atoms with van der Waals surface area (Å²) >= 11 is 0. The largest absolute Gasteiger partial charge is 0.334 e. The van der Waals surface area contributed by atoms with Gasteiger partial charge in [-0.1, -0.05) is 218 Å². The highest BCUT2D eigenvalue weighted by molar-refractivity contribution is 5.15. The van der Waals surface area contributed by atoms with Gasteiger partial charge in [0.05, 0.1) is 6.33 Å². The van der Waals surface area contributed by atoms with Crippen molar-refractivity contribution >= 4 is 0 Å². The molecular formula is C43H76N2.